The highest BCUT2D eigenvalue weighted by molar-refractivity contribution is 5.28. The van der Waals surface area contributed by atoms with Gasteiger partial charge in [0.2, 0.25) is 0 Å². The van der Waals surface area contributed by atoms with Gasteiger partial charge in [0, 0.05) is 0 Å². The number of rotatable bonds is 5. The Morgan fingerprint density at radius 3 is 2.00 bits per heavy atom. The lowest BCUT2D eigenvalue weighted by Crippen LogP contribution is -2.07. The number of hydrogen-bond donors (Lipinski definition) is 0. The Kier molecular flexibility index (Phi) is 5.10. The van der Waals surface area contributed by atoms with E-state index in [-0.39, 0.29) is 0 Å². The summed E-state index contributed by atoms with van der Waals surface area (Å²) in [5.74, 6) is 0.989. The van der Waals surface area contributed by atoms with Crippen molar-refractivity contribution in [2.75, 3.05) is 0 Å². The molecule has 0 unspecified atom stereocenters. The molecule has 110 valence electrons. The molecule has 0 nitrogen and oxygen atoms in total. The van der Waals surface area contributed by atoms with E-state index in [0.717, 1.165) is 12.3 Å². The molecular formula is C21H26. The second kappa shape index (κ2) is 7.45. The van der Waals surface area contributed by atoms with Crippen molar-refractivity contribution in [2.24, 2.45) is 5.92 Å². The van der Waals surface area contributed by atoms with Gasteiger partial charge in [-0.1, -0.05) is 86.7 Å². The molecule has 1 aliphatic rings. The molecule has 1 fully saturated rings. The molecule has 3 rings (SSSR count). The minimum Gasteiger partial charge on any atom is -0.0622 e. The van der Waals surface area contributed by atoms with E-state index in [1.165, 1.54) is 61.6 Å². The van der Waals surface area contributed by atoms with Crippen molar-refractivity contribution < 1.29 is 0 Å². The van der Waals surface area contributed by atoms with Crippen LogP contribution < -0.4 is 0 Å². The maximum Gasteiger partial charge on any atom is -0.00258 e. The van der Waals surface area contributed by atoms with Crippen LogP contribution in [0.15, 0.2) is 54.6 Å². The Hall–Kier alpha value is -1.56. The molecule has 0 amide bonds. The van der Waals surface area contributed by atoms with Crippen LogP contribution in [0.2, 0.25) is 0 Å². The summed E-state index contributed by atoms with van der Waals surface area (Å²) < 4.78 is 0. The average molecular weight is 278 g/mol. The van der Waals surface area contributed by atoms with Gasteiger partial charge < -0.3 is 0 Å². The fraction of sp³-hybridized carbons (Fsp3) is 0.429. The van der Waals surface area contributed by atoms with Crippen LogP contribution in [0.25, 0.3) is 0 Å². The molecule has 0 bridgehead atoms. The molecule has 21 heavy (non-hydrogen) atoms. The van der Waals surface area contributed by atoms with Crippen molar-refractivity contribution in [3.05, 3.63) is 71.3 Å². The second-order valence-electron chi connectivity index (χ2n) is 6.52. The highest BCUT2D eigenvalue weighted by atomic mass is 14.2. The highest BCUT2D eigenvalue weighted by Crippen LogP contribution is 2.27. The van der Waals surface area contributed by atoms with E-state index in [1.807, 2.05) is 0 Å². The van der Waals surface area contributed by atoms with Crippen molar-refractivity contribution in [2.45, 2.75) is 51.4 Å². The molecule has 2 aromatic carbocycles. The summed E-state index contributed by atoms with van der Waals surface area (Å²) in [5, 5.41) is 0. The van der Waals surface area contributed by atoms with Crippen LogP contribution in [0, 0.1) is 5.92 Å². The van der Waals surface area contributed by atoms with Crippen LogP contribution in [-0.4, -0.2) is 0 Å². The fourth-order valence-electron chi connectivity index (χ4n) is 3.50. The normalized spacial score (nSPS) is 16.0. The molecule has 2 aromatic rings. The van der Waals surface area contributed by atoms with E-state index < -0.39 is 0 Å². The summed E-state index contributed by atoms with van der Waals surface area (Å²) in [6.45, 7) is 0. The molecule has 0 heteroatoms. The smallest absolute Gasteiger partial charge is 0.00258 e. The third-order valence-electron chi connectivity index (χ3n) is 4.84. The number of aryl methyl sites for hydroxylation is 1. The van der Waals surface area contributed by atoms with Crippen molar-refractivity contribution in [3.63, 3.8) is 0 Å². The lowest BCUT2D eigenvalue weighted by molar-refractivity contribution is 0.339. The van der Waals surface area contributed by atoms with Gasteiger partial charge in [-0.2, -0.15) is 0 Å². The Morgan fingerprint density at radius 2 is 1.29 bits per heavy atom. The topological polar surface area (TPSA) is 0 Å². The van der Waals surface area contributed by atoms with Crippen molar-refractivity contribution in [1.29, 1.82) is 0 Å². The van der Waals surface area contributed by atoms with E-state index >= 15 is 0 Å². The Morgan fingerprint density at radius 1 is 0.667 bits per heavy atom. The molecule has 0 heterocycles. The van der Waals surface area contributed by atoms with Gasteiger partial charge in [0.05, 0.1) is 0 Å². The maximum atomic E-state index is 2.33. The minimum atomic E-state index is 0.989. The van der Waals surface area contributed by atoms with Crippen LogP contribution in [0.5, 0.6) is 0 Å². The first-order valence-electron chi connectivity index (χ1n) is 8.52. The van der Waals surface area contributed by atoms with E-state index in [4.69, 9.17) is 0 Å². The molecule has 1 aliphatic carbocycles. The first kappa shape index (κ1) is 14.4. The standard InChI is InChI=1S/C21H26/c1-3-7-18(8-4-1)11-12-19-13-15-21(16-14-19)17-20-9-5-2-6-10-20/h2,5-6,9-10,13-16,18H,1,3-4,7-8,11-12,17H2. The van der Waals surface area contributed by atoms with Gasteiger partial charge in [0.1, 0.15) is 0 Å². The molecule has 0 spiro atoms. The lowest BCUT2D eigenvalue weighted by Gasteiger charge is -2.21. The second-order valence-corrected chi connectivity index (χ2v) is 6.52. The van der Waals surface area contributed by atoms with Gasteiger partial charge in [0.15, 0.2) is 0 Å². The largest absolute Gasteiger partial charge is 0.0622 e. The summed E-state index contributed by atoms with van der Waals surface area (Å²) in [4.78, 5) is 0. The molecule has 0 saturated heterocycles. The maximum absolute atomic E-state index is 2.33. The predicted molar refractivity (Wildman–Crippen MR) is 90.6 cm³/mol. The average Bonchev–Trinajstić information content (AvgIpc) is 2.56. The third-order valence-corrected chi connectivity index (χ3v) is 4.84. The van der Waals surface area contributed by atoms with Crippen LogP contribution >= 0.6 is 0 Å². The molecule has 1 saturated carbocycles. The Balaban J connectivity index is 1.51. The SMILES string of the molecule is c1ccc(Cc2ccc(CCC3CCCCC3)cc2)cc1. The van der Waals surface area contributed by atoms with Crippen LogP contribution in [0.3, 0.4) is 0 Å². The van der Waals surface area contributed by atoms with Gasteiger partial charge in [0.25, 0.3) is 0 Å². The number of hydrogen-bond acceptors (Lipinski definition) is 0. The Labute approximate surface area is 129 Å². The van der Waals surface area contributed by atoms with E-state index in [1.54, 1.807) is 0 Å². The van der Waals surface area contributed by atoms with Crippen molar-refractivity contribution in [3.8, 4) is 0 Å². The van der Waals surface area contributed by atoms with Gasteiger partial charge in [-0.25, -0.2) is 0 Å². The molecule has 0 N–H and O–H groups in total. The van der Waals surface area contributed by atoms with Gasteiger partial charge in [-0.3, -0.25) is 0 Å². The molecule has 0 aromatic heterocycles. The van der Waals surface area contributed by atoms with E-state index in [9.17, 15) is 0 Å². The quantitative estimate of drug-likeness (QED) is 0.649. The van der Waals surface area contributed by atoms with Crippen LogP contribution in [0.1, 0.15) is 55.2 Å². The lowest BCUT2D eigenvalue weighted by atomic mass is 9.85. The number of benzene rings is 2. The monoisotopic (exact) mass is 278 g/mol. The first-order chi connectivity index (χ1) is 10.4. The fourth-order valence-corrected chi connectivity index (χ4v) is 3.50. The zero-order valence-electron chi connectivity index (χ0n) is 12.9. The zero-order valence-corrected chi connectivity index (χ0v) is 12.9. The zero-order chi connectivity index (χ0) is 14.3. The van der Waals surface area contributed by atoms with Gasteiger partial charge in [-0.15, -0.1) is 0 Å². The summed E-state index contributed by atoms with van der Waals surface area (Å²) in [6, 6.07) is 20.0. The van der Waals surface area contributed by atoms with Crippen molar-refractivity contribution in [1.82, 2.24) is 0 Å². The predicted octanol–water partition coefficient (Wildman–Crippen LogP) is 5.79. The van der Waals surface area contributed by atoms with Crippen molar-refractivity contribution >= 4 is 0 Å². The molecular weight excluding hydrogens is 252 g/mol. The molecule has 0 radical (unpaired) electrons. The molecule has 0 aliphatic heterocycles. The minimum absolute atomic E-state index is 0.989. The third kappa shape index (κ3) is 4.46. The summed E-state index contributed by atoms with van der Waals surface area (Å²) in [5.41, 5.74) is 4.33. The van der Waals surface area contributed by atoms with Crippen LogP contribution in [0.4, 0.5) is 0 Å². The van der Waals surface area contributed by atoms with E-state index in [2.05, 4.69) is 54.6 Å². The van der Waals surface area contributed by atoms with E-state index in [0.29, 0.717) is 0 Å². The summed E-state index contributed by atoms with van der Waals surface area (Å²) in [7, 11) is 0. The van der Waals surface area contributed by atoms with Crippen LogP contribution in [-0.2, 0) is 12.8 Å². The Bertz CT molecular complexity index is 518. The van der Waals surface area contributed by atoms with Gasteiger partial charge in [-0.05, 0) is 41.9 Å². The summed E-state index contributed by atoms with van der Waals surface area (Å²) >= 11 is 0. The first-order valence-corrected chi connectivity index (χ1v) is 8.52. The van der Waals surface area contributed by atoms with Gasteiger partial charge >= 0.3 is 0 Å². The molecule has 0 atom stereocenters. The summed E-state index contributed by atoms with van der Waals surface area (Å²) in [6.07, 6.45) is 11.0. The highest BCUT2D eigenvalue weighted by Gasteiger charge is 2.12.